The van der Waals surface area contributed by atoms with E-state index < -0.39 is 0 Å². The van der Waals surface area contributed by atoms with Crippen LogP contribution in [0.5, 0.6) is 0 Å². The number of rotatable bonds is 13. The maximum Gasteiger partial charge on any atom is 0.191 e. The van der Waals surface area contributed by atoms with Crippen LogP contribution < -0.4 is 10.6 Å². The highest BCUT2D eigenvalue weighted by molar-refractivity contribution is 14.0. The molecular weight excluding hydrogens is 457 g/mol. The first-order chi connectivity index (χ1) is 12.6. The Morgan fingerprint density at radius 1 is 1.26 bits per heavy atom. The van der Waals surface area contributed by atoms with Crippen molar-refractivity contribution < 1.29 is 9.26 Å². The molecule has 0 spiro atoms. The van der Waals surface area contributed by atoms with Gasteiger partial charge in [-0.15, -0.1) is 24.0 Å². The highest BCUT2D eigenvalue weighted by Gasteiger charge is 2.12. The Hall–Kier alpha value is -0.870. The molecule has 27 heavy (non-hydrogen) atoms. The van der Waals surface area contributed by atoms with E-state index in [1.807, 2.05) is 6.07 Å². The number of halogens is 1. The van der Waals surface area contributed by atoms with Crippen LogP contribution in [0.1, 0.15) is 57.4 Å². The predicted octanol–water partition coefficient (Wildman–Crippen LogP) is 3.22. The molecule has 0 atom stereocenters. The number of ether oxygens (including phenoxy) is 1. The number of nitrogens with one attached hydrogen (secondary N) is 2. The zero-order chi connectivity index (χ0) is 19.2. The number of likely N-dealkylation sites (N-methyl/N-ethyl adjacent to an activating group) is 1. The maximum absolute atomic E-state index is 5.44. The Kier molecular flexibility index (Phi) is 15.6. The number of aromatic nitrogens is 1. The number of aliphatic imine (C=N–C) groups is 1. The molecule has 7 nitrogen and oxygen atoms in total. The minimum absolute atomic E-state index is 0. The van der Waals surface area contributed by atoms with E-state index in [1.54, 1.807) is 7.11 Å². The van der Waals surface area contributed by atoms with Gasteiger partial charge in [0, 0.05) is 38.7 Å². The summed E-state index contributed by atoms with van der Waals surface area (Å²) < 4.78 is 10.5. The zero-order valence-electron chi connectivity index (χ0n) is 17.6. The summed E-state index contributed by atoms with van der Waals surface area (Å²) in [6.07, 6.45) is 3.20. The van der Waals surface area contributed by atoms with E-state index in [2.05, 4.69) is 53.5 Å². The average Bonchev–Trinajstić information content (AvgIpc) is 3.11. The van der Waals surface area contributed by atoms with Gasteiger partial charge >= 0.3 is 0 Å². The van der Waals surface area contributed by atoms with Gasteiger partial charge in [-0.3, -0.25) is 0 Å². The minimum atomic E-state index is 0. The number of hydrogen-bond acceptors (Lipinski definition) is 5. The smallest absolute Gasteiger partial charge is 0.191 e. The fraction of sp³-hybridized carbons (Fsp3) is 0.789. The Morgan fingerprint density at radius 2 is 2.00 bits per heavy atom. The van der Waals surface area contributed by atoms with Gasteiger partial charge in [0.15, 0.2) is 11.7 Å². The quantitative estimate of drug-likeness (QED) is 0.190. The van der Waals surface area contributed by atoms with E-state index in [9.17, 15) is 0 Å². The molecule has 0 bridgehead atoms. The summed E-state index contributed by atoms with van der Waals surface area (Å²) in [6, 6.07) is 2.04. The third-order valence-corrected chi connectivity index (χ3v) is 4.40. The Labute approximate surface area is 181 Å². The first kappa shape index (κ1) is 26.1. The van der Waals surface area contributed by atoms with Crippen LogP contribution >= 0.6 is 24.0 Å². The minimum Gasteiger partial charge on any atom is -0.383 e. The molecule has 0 saturated heterocycles. The number of methoxy groups -OCH3 is 1. The summed E-state index contributed by atoms with van der Waals surface area (Å²) in [6.45, 7) is 11.4. The topological polar surface area (TPSA) is 74.9 Å². The van der Waals surface area contributed by atoms with Crippen LogP contribution in [-0.4, -0.2) is 63.0 Å². The number of nitrogens with zero attached hydrogens (tertiary/aromatic N) is 3. The van der Waals surface area contributed by atoms with E-state index >= 15 is 0 Å². The molecule has 0 fully saturated rings. The van der Waals surface area contributed by atoms with Crippen LogP contribution in [0.15, 0.2) is 15.6 Å². The molecule has 2 N–H and O–H groups in total. The van der Waals surface area contributed by atoms with Crippen LogP contribution in [0.4, 0.5) is 0 Å². The van der Waals surface area contributed by atoms with Crippen LogP contribution in [0.2, 0.25) is 0 Å². The number of guanidine groups is 1. The second-order valence-corrected chi connectivity index (χ2v) is 6.50. The second-order valence-electron chi connectivity index (χ2n) is 6.50. The molecule has 0 aliphatic heterocycles. The molecule has 1 rings (SSSR count). The molecule has 0 aliphatic carbocycles. The van der Waals surface area contributed by atoms with E-state index in [0.29, 0.717) is 12.5 Å². The van der Waals surface area contributed by atoms with Gasteiger partial charge in [0.2, 0.25) is 0 Å². The lowest BCUT2D eigenvalue weighted by atomic mass is 9.99. The van der Waals surface area contributed by atoms with Gasteiger partial charge in [-0.1, -0.05) is 19.0 Å². The third-order valence-electron chi connectivity index (χ3n) is 4.40. The lowest BCUT2D eigenvalue weighted by molar-refractivity contribution is 0.161. The van der Waals surface area contributed by atoms with E-state index in [0.717, 1.165) is 69.5 Å². The molecule has 1 aromatic rings. The third kappa shape index (κ3) is 10.9. The molecule has 0 radical (unpaired) electrons. The lowest BCUT2D eigenvalue weighted by Gasteiger charge is -2.16. The summed E-state index contributed by atoms with van der Waals surface area (Å²) in [7, 11) is 3.84. The highest BCUT2D eigenvalue weighted by atomic mass is 127. The fourth-order valence-electron chi connectivity index (χ4n) is 2.72. The first-order valence-corrected chi connectivity index (χ1v) is 9.79. The normalized spacial score (nSPS) is 11.7. The summed E-state index contributed by atoms with van der Waals surface area (Å²) in [5.41, 5.74) is 1.04. The Bertz CT molecular complexity index is 506. The lowest BCUT2D eigenvalue weighted by Crippen LogP contribution is -2.38. The molecule has 0 saturated carbocycles. The van der Waals surface area contributed by atoms with Crippen LogP contribution in [0.3, 0.4) is 0 Å². The highest BCUT2D eigenvalue weighted by Crippen LogP contribution is 2.22. The molecule has 8 heteroatoms. The summed E-state index contributed by atoms with van der Waals surface area (Å²) >= 11 is 0. The summed E-state index contributed by atoms with van der Waals surface area (Å²) in [5, 5.41) is 10.8. The first-order valence-electron chi connectivity index (χ1n) is 9.79. The van der Waals surface area contributed by atoms with Crippen LogP contribution in [0.25, 0.3) is 0 Å². The fourth-order valence-corrected chi connectivity index (χ4v) is 2.72. The average molecular weight is 495 g/mol. The molecule has 0 amide bonds. The van der Waals surface area contributed by atoms with Crippen molar-refractivity contribution >= 4 is 29.9 Å². The summed E-state index contributed by atoms with van der Waals surface area (Å²) in [5.74, 6) is 2.09. The standard InChI is InChI=1S/C19H37N5O2.HI/c1-6-16(7-2)18-14-17(26-23-18)15-22-19(20-8-3)21-10-9-11-24(4)12-13-25-5;/h14,16H,6-13,15H2,1-5H3,(H2,20,21,22);1H. The SMILES string of the molecule is CCNC(=NCc1cc(C(CC)CC)no1)NCCCN(C)CCOC.I. The van der Waals surface area contributed by atoms with Crippen molar-refractivity contribution in [2.45, 2.75) is 52.5 Å². The Balaban J connectivity index is 0.00000676. The van der Waals surface area contributed by atoms with Crippen LogP contribution in [0, 0.1) is 0 Å². The number of hydrogen-bond donors (Lipinski definition) is 2. The molecular formula is C19H38IN5O2. The van der Waals surface area contributed by atoms with Crippen molar-refractivity contribution in [2.24, 2.45) is 4.99 Å². The van der Waals surface area contributed by atoms with Crippen LogP contribution in [-0.2, 0) is 11.3 Å². The van der Waals surface area contributed by atoms with Crippen molar-refractivity contribution in [1.29, 1.82) is 0 Å². The molecule has 0 unspecified atom stereocenters. The van der Waals surface area contributed by atoms with E-state index in [-0.39, 0.29) is 24.0 Å². The van der Waals surface area contributed by atoms with Crippen molar-refractivity contribution in [3.05, 3.63) is 17.5 Å². The molecule has 158 valence electrons. The maximum atomic E-state index is 5.44. The molecule has 1 aromatic heterocycles. The summed E-state index contributed by atoms with van der Waals surface area (Å²) in [4.78, 5) is 6.87. The Morgan fingerprint density at radius 3 is 2.63 bits per heavy atom. The van der Waals surface area contributed by atoms with Crippen molar-refractivity contribution in [2.75, 3.05) is 46.9 Å². The van der Waals surface area contributed by atoms with Gasteiger partial charge < -0.3 is 24.8 Å². The van der Waals surface area contributed by atoms with Gasteiger partial charge in [0.05, 0.1) is 12.3 Å². The molecule has 0 aliphatic rings. The monoisotopic (exact) mass is 495 g/mol. The van der Waals surface area contributed by atoms with E-state index in [4.69, 9.17) is 9.26 Å². The van der Waals surface area contributed by atoms with Gasteiger partial charge in [0.25, 0.3) is 0 Å². The second kappa shape index (κ2) is 16.1. The predicted molar refractivity (Wildman–Crippen MR) is 122 cm³/mol. The van der Waals surface area contributed by atoms with Gasteiger partial charge in [-0.25, -0.2) is 4.99 Å². The van der Waals surface area contributed by atoms with E-state index in [1.165, 1.54) is 0 Å². The van der Waals surface area contributed by atoms with Gasteiger partial charge in [-0.2, -0.15) is 0 Å². The largest absolute Gasteiger partial charge is 0.383 e. The molecule has 0 aromatic carbocycles. The molecule has 1 heterocycles. The van der Waals surface area contributed by atoms with Gasteiger partial charge in [-0.05, 0) is 39.8 Å². The van der Waals surface area contributed by atoms with Crippen molar-refractivity contribution in [1.82, 2.24) is 20.7 Å². The van der Waals surface area contributed by atoms with Gasteiger partial charge in [0.1, 0.15) is 6.54 Å². The zero-order valence-corrected chi connectivity index (χ0v) is 19.9. The van der Waals surface area contributed by atoms with Crippen molar-refractivity contribution in [3.63, 3.8) is 0 Å². The van der Waals surface area contributed by atoms with Crippen molar-refractivity contribution in [3.8, 4) is 0 Å².